The lowest BCUT2D eigenvalue weighted by Crippen LogP contribution is -2.44. The second kappa shape index (κ2) is 14.7. The van der Waals surface area contributed by atoms with Crippen LogP contribution >= 0.6 is 23.1 Å². The van der Waals surface area contributed by atoms with Crippen LogP contribution in [0.2, 0.25) is 0 Å². The number of anilines is 3. The van der Waals surface area contributed by atoms with E-state index in [-0.39, 0.29) is 19.1 Å². The molecule has 0 bridgehead atoms. The van der Waals surface area contributed by atoms with Crippen LogP contribution in [0.1, 0.15) is 34.5 Å². The van der Waals surface area contributed by atoms with Gasteiger partial charge in [-0.1, -0.05) is 83.8 Å². The summed E-state index contributed by atoms with van der Waals surface area (Å²) in [7, 11) is 0. The summed E-state index contributed by atoms with van der Waals surface area (Å²) in [5.41, 5.74) is 2.37. The number of amides is 1. The molecule has 230 valence electrons. The van der Waals surface area contributed by atoms with Crippen LogP contribution in [0.25, 0.3) is 0 Å². The first-order valence-electron chi connectivity index (χ1n) is 14.9. The van der Waals surface area contributed by atoms with E-state index in [1.165, 1.54) is 23.1 Å². The first kappa shape index (κ1) is 30.7. The van der Waals surface area contributed by atoms with Crippen LogP contribution in [0.3, 0.4) is 0 Å². The summed E-state index contributed by atoms with van der Waals surface area (Å²) in [4.78, 5) is 27.6. The third-order valence-corrected chi connectivity index (χ3v) is 9.85. The van der Waals surface area contributed by atoms with Gasteiger partial charge in [0.25, 0.3) is 5.91 Å². The monoisotopic (exact) mass is 637 g/mol. The Morgan fingerprint density at radius 2 is 1.67 bits per heavy atom. The Kier molecular flexibility index (Phi) is 10.0. The first-order valence-corrected chi connectivity index (χ1v) is 16.5. The van der Waals surface area contributed by atoms with Crippen LogP contribution in [0.15, 0.2) is 113 Å². The quantitative estimate of drug-likeness (QED) is 0.117. The van der Waals surface area contributed by atoms with Gasteiger partial charge in [0.1, 0.15) is 11.5 Å². The minimum Gasteiger partial charge on any atom is -0.395 e. The van der Waals surface area contributed by atoms with Crippen LogP contribution in [0, 0.1) is 0 Å². The molecule has 0 radical (unpaired) electrons. The molecule has 4 heterocycles. The number of thiazole rings is 1. The van der Waals surface area contributed by atoms with Crippen molar-refractivity contribution in [2.75, 3.05) is 36.9 Å². The molecule has 1 aliphatic heterocycles. The number of hydrogen-bond donors (Lipinski definition) is 5. The van der Waals surface area contributed by atoms with Gasteiger partial charge < -0.3 is 26.4 Å². The number of carbonyl (C=O) groups excluding carboxylic acids is 1. The predicted molar refractivity (Wildman–Crippen MR) is 181 cm³/mol. The summed E-state index contributed by atoms with van der Waals surface area (Å²) in [6.07, 6.45) is 7.50. The van der Waals surface area contributed by atoms with E-state index in [2.05, 4.69) is 36.2 Å². The van der Waals surface area contributed by atoms with Gasteiger partial charge in [-0.25, -0.2) is 9.97 Å². The molecule has 45 heavy (non-hydrogen) atoms. The van der Waals surface area contributed by atoms with E-state index < -0.39 is 5.41 Å². The van der Waals surface area contributed by atoms with Crippen molar-refractivity contribution in [2.45, 2.75) is 33.4 Å². The van der Waals surface area contributed by atoms with E-state index in [4.69, 9.17) is 0 Å². The maximum atomic E-state index is 13.3. The highest BCUT2D eigenvalue weighted by Crippen LogP contribution is 2.35. The second-order valence-electron chi connectivity index (χ2n) is 10.8. The SMILES string of the molecule is O=C(NCC(CO)(c1ccccc1)c1ccccc1)c1cc(Sc2cnc(Nc3ccc(NC4CCNCC4)cn3)s2)ccn1. The average Bonchev–Trinajstić information content (AvgIpc) is 3.54. The Morgan fingerprint density at radius 3 is 2.33 bits per heavy atom. The molecule has 0 aliphatic carbocycles. The van der Waals surface area contributed by atoms with Gasteiger partial charge in [-0.3, -0.25) is 9.78 Å². The highest BCUT2D eigenvalue weighted by Gasteiger charge is 2.34. The number of pyridine rings is 2. The van der Waals surface area contributed by atoms with Crippen LogP contribution < -0.4 is 21.3 Å². The van der Waals surface area contributed by atoms with Gasteiger partial charge in [0.05, 0.1) is 34.3 Å². The lowest BCUT2D eigenvalue weighted by atomic mass is 9.75. The molecule has 0 spiro atoms. The molecule has 1 saturated heterocycles. The minimum atomic E-state index is -0.796. The van der Waals surface area contributed by atoms with Gasteiger partial charge in [-0.2, -0.15) is 0 Å². The Bertz CT molecular complexity index is 1640. The third kappa shape index (κ3) is 7.69. The van der Waals surface area contributed by atoms with E-state index in [0.717, 1.165) is 62.8 Å². The number of aromatic nitrogens is 3. The lowest BCUT2D eigenvalue weighted by Gasteiger charge is -2.33. The van der Waals surface area contributed by atoms with Crippen molar-refractivity contribution in [3.63, 3.8) is 0 Å². The summed E-state index contributed by atoms with van der Waals surface area (Å²) in [6, 6.07) is 27.6. The lowest BCUT2D eigenvalue weighted by molar-refractivity contribution is 0.0933. The fourth-order valence-electron chi connectivity index (χ4n) is 5.39. The number of hydrogen-bond acceptors (Lipinski definition) is 10. The minimum absolute atomic E-state index is 0.165. The molecule has 0 atom stereocenters. The summed E-state index contributed by atoms with van der Waals surface area (Å²) >= 11 is 3.03. The van der Waals surface area contributed by atoms with Gasteiger partial charge in [0, 0.05) is 23.7 Å². The summed E-state index contributed by atoms with van der Waals surface area (Å²) < 4.78 is 0.965. The van der Waals surface area contributed by atoms with Crippen molar-refractivity contribution >= 4 is 45.6 Å². The molecule has 1 aliphatic rings. The number of rotatable bonds is 12. The zero-order valence-corrected chi connectivity index (χ0v) is 26.3. The third-order valence-electron chi connectivity index (χ3n) is 7.85. The first-order chi connectivity index (χ1) is 22.1. The zero-order valence-electron chi connectivity index (χ0n) is 24.6. The number of carbonyl (C=O) groups is 1. The Labute approximate surface area is 271 Å². The highest BCUT2D eigenvalue weighted by molar-refractivity contribution is 8.01. The van der Waals surface area contributed by atoms with Crippen LogP contribution in [0.4, 0.5) is 16.6 Å². The van der Waals surface area contributed by atoms with Crippen molar-refractivity contribution in [1.82, 2.24) is 25.6 Å². The standard InChI is InChI=1S/C34H35N7O2S2/c42-23-34(24-7-3-1-4-8-24,25-9-5-2-6-10-25)22-39-32(43)29-19-28(15-18-36-29)44-31-21-38-33(45-31)41-30-12-11-27(20-37-30)40-26-13-16-35-17-14-26/h1-12,15,18-21,26,35,40,42H,13-14,16-17,22-23H2,(H,39,43)(H,37,38,41). The molecule has 6 rings (SSSR count). The van der Waals surface area contributed by atoms with Crippen LogP contribution in [-0.2, 0) is 5.41 Å². The molecule has 3 aromatic heterocycles. The van der Waals surface area contributed by atoms with E-state index in [1.54, 1.807) is 18.5 Å². The molecular weight excluding hydrogens is 603 g/mol. The van der Waals surface area contributed by atoms with Gasteiger partial charge >= 0.3 is 0 Å². The topological polar surface area (TPSA) is 124 Å². The number of aliphatic hydroxyl groups excluding tert-OH is 1. The van der Waals surface area contributed by atoms with Crippen molar-refractivity contribution < 1.29 is 9.90 Å². The van der Waals surface area contributed by atoms with Crippen LogP contribution in [-0.4, -0.2) is 58.2 Å². The normalized spacial score (nSPS) is 13.7. The molecule has 1 amide bonds. The molecule has 2 aromatic carbocycles. The molecule has 5 aromatic rings. The molecule has 1 fully saturated rings. The Hall–Kier alpha value is -4.29. The molecule has 0 unspecified atom stereocenters. The van der Waals surface area contributed by atoms with Crippen molar-refractivity contribution in [3.8, 4) is 0 Å². The van der Waals surface area contributed by atoms with Gasteiger partial charge in [0.15, 0.2) is 5.13 Å². The van der Waals surface area contributed by atoms with E-state index in [0.29, 0.717) is 11.7 Å². The largest absolute Gasteiger partial charge is 0.395 e. The molecule has 0 saturated carbocycles. The average molecular weight is 638 g/mol. The number of benzene rings is 2. The number of aliphatic hydroxyl groups is 1. The van der Waals surface area contributed by atoms with Crippen LogP contribution in [0.5, 0.6) is 0 Å². The smallest absolute Gasteiger partial charge is 0.269 e. The molecule has 5 N–H and O–H groups in total. The Balaban J connectivity index is 1.08. The summed E-state index contributed by atoms with van der Waals surface area (Å²) in [5.74, 6) is 0.419. The van der Waals surface area contributed by atoms with Gasteiger partial charge in [-0.15, -0.1) is 0 Å². The van der Waals surface area contributed by atoms with Gasteiger partial charge in [0.2, 0.25) is 0 Å². The van der Waals surface area contributed by atoms with E-state index in [1.807, 2.05) is 85.1 Å². The zero-order chi connectivity index (χ0) is 30.9. The highest BCUT2D eigenvalue weighted by atomic mass is 32.2. The van der Waals surface area contributed by atoms with Gasteiger partial charge in [-0.05, 0) is 61.3 Å². The van der Waals surface area contributed by atoms with Crippen molar-refractivity contribution in [1.29, 1.82) is 0 Å². The predicted octanol–water partition coefficient (Wildman–Crippen LogP) is 5.70. The van der Waals surface area contributed by atoms with E-state index in [9.17, 15) is 9.90 Å². The second-order valence-corrected chi connectivity index (χ2v) is 13.2. The number of nitrogens with one attached hydrogen (secondary N) is 4. The maximum Gasteiger partial charge on any atom is 0.269 e. The number of piperidine rings is 1. The fraction of sp³-hybridized carbons (Fsp3) is 0.235. The Morgan fingerprint density at radius 1 is 0.933 bits per heavy atom. The van der Waals surface area contributed by atoms with Crippen molar-refractivity contribution in [2.24, 2.45) is 0 Å². The maximum absolute atomic E-state index is 13.3. The molecular formula is C34H35N7O2S2. The number of nitrogens with zero attached hydrogens (tertiary/aromatic N) is 3. The van der Waals surface area contributed by atoms with Crippen molar-refractivity contribution in [3.05, 3.63) is 120 Å². The molecule has 9 nitrogen and oxygen atoms in total. The molecule has 11 heteroatoms. The fourth-order valence-corrected chi connectivity index (χ4v) is 7.28. The summed E-state index contributed by atoms with van der Waals surface area (Å²) in [6.45, 7) is 2.12. The summed E-state index contributed by atoms with van der Waals surface area (Å²) in [5, 5.41) is 24.6. The van der Waals surface area contributed by atoms with E-state index >= 15 is 0 Å².